The van der Waals surface area contributed by atoms with E-state index in [1.807, 2.05) is 13.8 Å². The van der Waals surface area contributed by atoms with Crippen molar-refractivity contribution < 1.29 is 9.90 Å². The molecule has 0 aromatic rings. The van der Waals surface area contributed by atoms with Crippen LogP contribution in [0.4, 0.5) is 0 Å². The fraction of sp³-hybridized carbons (Fsp3) is 0.929. The highest BCUT2D eigenvalue weighted by Crippen LogP contribution is 2.38. The van der Waals surface area contributed by atoms with Gasteiger partial charge in [-0.05, 0) is 43.1 Å². The summed E-state index contributed by atoms with van der Waals surface area (Å²) < 4.78 is 0. The molecule has 2 atom stereocenters. The predicted octanol–water partition coefficient (Wildman–Crippen LogP) is 2.90. The number of carboxylic acids is 1. The van der Waals surface area contributed by atoms with Gasteiger partial charge in [0.05, 0.1) is 0 Å². The van der Waals surface area contributed by atoms with Crippen molar-refractivity contribution in [2.24, 2.45) is 17.3 Å². The van der Waals surface area contributed by atoms with E-state index >= 15 is 0 Å². The SMILES string of the molecule is CC(C)[C@H](NC[C@H]1CCCC(C)(C)C1)C(=O)O. The van der Waals surface area contributed by atoms with Crippen molar-refractivity contribution in [2.45, 2.75) is 59.4 Å². The van der Waals surface area contributed by atoms with E-state index in [9.17, 15) is 4.79 Å². The zero-order chi connectivity index (χ0) is 13.1. The molecule has 1 rings (SSSR count). The van der Waals surface area contributed by atoms with E-state index in [-0.39, 0.29) is 5.92 Å². The van der Waals surface area contributed by atoms with Crippen LogP contribution in [0.15, 0.2) is 0 Å². The number of hydrogen-bond acceptors (Lipinski definition) is 2. The standard InChI is InChI=1S/C14H27NO2/c1-10(2)12(13(16)17)15-9-11-6-5-7-14(3,4)8-11/h10-12,15H,5-9H2,1-4H3,(H,16,17)/t11-,12-/m0/s1. The highest BCUT2D eigenvalue weighted by Gasteiger charge is 2.29. The average molecular weight is 241 g/mol. The molecule has 1 aliphatic carbocycles. The minimum Gasteiger partial charge on any atom is -0.480 e. The van der Waals surface area contributed by atoms with Crippen LogP contribution in [-0.2, 0) is 4.79 Å². The van der Waals surface area contributed by atoms with Crippen molar-refractivity contribution in [1.82, 2.24) is 5.32 Å². The summed E-state index contributed by atoms with van der Waals surface area (Å²) in [6, 6.07) is -0.403. The first-order valence-corrected chi connectivity index (χ1v) is 6.78. The molecule has 1 aliphatic rings. The van der Waals surface area contributed by atoms with Crippen LogP contribution in [0.5, 0.6) is 0 Å². The third-order valence-electron chi connectivity index (χ3n) is 3.87. The normalized spacial score (nSPS) is 25.8. The second-order valence-electron chi connectivity index (χ2n) is 6.59. The summed E-state index contributed by atoms with van der Waals surface area (Å²) >= 11 is 0. The lowest BCUT2D eigenvalue weighted by Gasteiger charge is -2.36. The molecule has 1 fully saturated rings. The molecule has 0 heterocycles. The third kappa shape index (κ3) is 4.66. The second-order valence-corrected chi connectivity index (χ2v) is 6.59. The molecule has 0 unspecified atom stereocenters. The highest BCUT2D eigenvalue weighted by molar-refractivity contribution is 5.73. The van der Waals surface area contributed by atoms with Gasteiger partial charge in [0.1, 0.15) is 6.04 Å². The average Bonchev–Trinajstić information content (AvgIpc) is 2.15. The predicted molar refractivity (Wildman–Crippen MR) is 70.0 cm³/mol. The molecule has 1 saturated carbocycles. The van der Waals surface area contributed by atoms with Crippen molar-refractivity contribution in [3.8, 4) is 0 Å². The van der Waals surface area contributed by atoms with Gasteiger partial charge in [-0.1, -0.05) is 34.1 Å². The molecule has 0 aliphatic heterocycles. The van der Waals surface area contributed by atoms with Crippen LogP contribution in [-0.4, -0.2) is 23.7 Å². The summed E-state index contributed by atoms with van der Waals surface area (Å²) in [5.74, 6) is 0.0542. The van der Waals surface area contributed by atoms with E-state index < -0.39 is 12.0 Å². The summed E-state index contributed by atoms with van der Waals surface area (Å²) in [5, 5.41) is 12.3. The maximum absolute atomic E-state index is 11.1. The van der Waals surface area contributed by atoms with Crippen LogP contribution in [0.3, 0.4) is 0 Å². The Morgan fingerprint density at radius 3 is 2.59 bits per heavy atom. The summed E-state index contributed by atoms with van der Waals surface area (Å²) in [6.45, 7) is 9.39. The van der Waals surface area contributed by atoms with Crippen molar-refractivity contribution >= 4 is 5.97 Å². The Balaban J connectivity index is 2.41. The van der Waals surface area contributed by atoms with E-state index in [2.05, 4.69) is 19.2 Å². The molecule has 3 heteroatoms. The van der Waals surface area contributed by atoms with E-state index in [1.54, 1.807) is 0 Å². The minimum atomic E-state index is -0.727. The van der Waals surface area contributed by atoms with E-state index in [0.29, 0.717) is 11.3 Å². The lowest BCUT2D eigenvalue weighted by atomic mass is 9.72. The van der Waals surface area contributed by atoms with Gasteiger partial charge in [0.25, 0.3) is 0 Å². The molecule has 0 saturated heterocycles. The van der Waals surface area contributed by atoms with Crippen molar-refractivity contribution in [1.29, 1.82) is 0 Å². The lowest BCUT2D eigenvalue weighted by Crippen LogP contribution is -2.44. The smallest absolute Gasteiger partial charge is 0.320 e. The Hall–Kier alpha value is -0.570. The molecular weight excluding hydrogens is 214 g/mol. The van der Waals surface area contributed by atoms with Gasteiger partial charge in [-0.3, -0.25) is 4.79 Å². The molecule has 0 aromatic carbocycles. The first kappa shape index (κ1) is 14.5. The van der Waals surface area contributed by atoms with Gasteiger partial charge in [0, 0.05) is 0 Å². The maximum Gasteiger partial charge on any atom is 0.320 e. The zero-order valence-corrected chi connectivity index (χ0v) is 11.6. The third-order valence-corrected chi connectivity index (χ3v) is 3.87. The van der Waals surface area contributed by atoms with Gasteiger partial charge in [0.2, 0.25) is 0 Å². The monoisotopic (exact) mass is 241 g/mol. The summed E-state index contributed by atoms with van der Waals surface area (Å²) in [4.78, 5) is 11.1. The Bertz CT molecular complexity index is 261. The van der Waals surface area contributed by atoms with E-state index in [1.165, 1.54) is 25.7 Å². The van der Waals surface area contributed by atoms with E-state index in [4.69, 9.17) is 5.11 Å². The molecule has 0 bridgehead atoms. The highest BCUT2D eigenvalue weighted by atomic mass is 16.4. The number of rotatable bonds is 5. The van der Waals surface area contributed by atoms with Gasteiger partial charge in [-0.15, -0.1) is 0 Å². The number of hydrogen-bond donors (Lipinski definition) is 2. The quantitative estimate of drug-likeness (QED) is 0.778. The van der Waals surface area contributed by atoms with Crippen molar-refractivity contribution in [2.75, 3.05) is 6.54 Å². The molecule has 0 spiro atoms. The fourth-order valence-electron chi connectivity index (χ4n) is 2.93. The van der Waals surface area contributed by atoms with Gasteiger partial charge < -0.3 is 10.4 Å². The number of aliphatic carboxylic acids is 1. The molecule has 3 nitrogen and oxygen atoms in total. The first-order chi connectivity index (χ1) is 7.82. The van der Waals surface area contributed by atoms with Crippen molar-refractivity contribution in [3.05, 3.63) is 0 Å². The van der Waals surface area contributed by atoms with Gasteiger partial charge in [-0.2, -0.15) is 0 Å². The van der Waals surface area contributed by atoms with Crippen LogP contribution in [0.25, 0.3) is 0 Å². The molecule has 0 amide bonds. The summed E-state index contributed by atoms with van der Waals surface area (Å²) in [6.07, 6.45) is 5.03. The Kier molecular flexibility index (Phi) is 4.99. The van der Waals surface area contributed by atoms with Crippen LogP contribution in [0, 0.1) is 17.3 Å². The van der Waals surface area contributed by atoms with E-state index in [0.717, 1.165) is 6.54 Å². The van der Waals surface area contributed by atoms with Crippen LogP contribution in [0.1, 0.15) is 53.4 Å². The summed E-state index contributed by atoms with van der Waals surface area (Å²) in [5.41, 5.74) is 0.432. The van der Waals surface area contributed by atoms with Crippen molar-refractivity contribution in [3.63, 3.8) is 0 Å². The Labute approximate surface area is 105 Å². The molecule has 0 radical (unpaired) electrons. The summed E-state index contributed by atoms with van der Waals surface area (Å²) in [7, 11) is 0. The minimum absolute atomic E-state index is 0.143. The molecule has 2 N–H and O–H groups in total. The lowest BCUT2D eigenvalue weighted by molar-refractivity contribution is -0.140. The fourth-order valence-corrected chi connectivity index (χ4v) is 2.93. The van der Waals surface area contributed by atoms with Gasteiger partial charge in [0.15, 0.2) is 0 Å². The number of nitrogens with one attached hydrogen (secondary N) is 1. The number of carbonyl (C=O) groups is 1. The topological polar surface area (TPSA) is 49.3 Å². The molecular formula is C14H27NO2. The molecule has 0 aromatic heterocycles. The molecule has 100 valence electrons. The zero-order valence-electron chi connectivity index (χ0n) is 11.6. The van der Waals surface area contributed by atoms with Crippen LogP contribution >= 0.6 is 0 Å². The van der Waals surface area contributed by atoms with Crippen LogP contribution < -0.4 is 5.32 Å². The largest absolute Gasteiger partial charge is 0.480 e. The maximum atomic E-state index is 11.1. The van der Waals surface area contributed by atoms with Gasteiger partial charge in [-0.25, -0.2) is 0 Å². The number of carboxylic acid groups (broad SMARTS) is 1. The van der Waals surface area contributed by atoms with Crippen LogP contribution in [0.2, 0.25) is 0 Å². The first-order valence-electron chi connectivity index (χ1n) is 6.78. The Morgan fingerprint density at radius 2 is 2.12 bits per heavy atom. The molecule has 17 heavy (non-hydrogen) atoms. The Morgan fingerprint density at radius 1 is 1.47 bits per heavy atom. The second kappa shape index (κ2) is 5.85. The van der Waals surface area contributed by atoms with Gasteiger partial charge >= 0.3 is 5.97 Å².